The summed E-state index contributed by atoms with van der Waals surface area (Å²) in [5, 5.41) is 2.68. The molecule has 0 saturated heterocycles. The molecule has 1 aliphatic heterocycles. The zero-order chi connectivity index (χ0) is 14.0. The molecule has 1 unspecified atom stereocenters. The van der Waals surface area contributed by atoms with Gasteiger partial charge < -0.3 is 15.8 Å². The van der Waals surface area contributed by atoms with Crippen molar-refractivity contribution >= 4 is 28.5 Å². The van der Waals surface area contributed by atoms with E-state index in [1.165, 1.54) is 12.1 Å². The molecule has 1 aliphatic rings. The van der Waals surface area contributed by atoms with Gasteiger partial charge in [-0.2, -0.15) is 0 Å². The monoisotopic (exact) mass is 292 g/mol. The van der Waals surface area contributed by atoms with Crippen LogP contribution in [0.15, 0.2) is 33.1 Å². The third-order valence-corrected chi connectivity index (χ3v) is 2.63. The predicted molar refractivity (Wildman–Crippen MR) is 63.9 cm³/mol. The van der Waals surface area contributed by atoms with Crippen LogP contribution in [0.2, 0.25) is 0 Å². The summed E-state index contributed by atoms with van der Waals surface area (Å²) >= 11 is -1.76. The largest absolute Gasteiger partial charge is 0.573 e. The van der Waals surface area contributed by atoms with E-state index in [1.54, 1.807) is 0 Å². The van der Waals surface area contributed by atoms with Crippen molar-refractivity contribution in [3.05, 3.63) is 24.3 Å². The Balaban J connectivity index is 2.06. The maximum absolute atomic E-state index is 11.9. The van der Waals surface area contributed by atoms with Gasteiger partial charge in [-0.1, -0.05) is 0 Å². The molecule has 19 heavy (non-hydrogen) atoms. The molecule has 1 heterocycles. The molecule has 0 saturated carbocycles. The lowest BCUT2D eigenvalue weighted by molar-refractivity contribution is -0.274. The molecule has 1 aromatic carbocycles. The minimum absolute atomic E-state index is 0.0334. The molecule has 6 nitrogen and oxygen atoms in total. The molecular weight excluding hydrogens is 285 g/mol. The zero-order valence-corrected chi connectivity index (χ0v) is 9.96. The number of ether oxygens (including phenoxy) is 1. The lowest BCUT2D eigenvalue weighted by Gasteiger charge is -2.10. The summed E-state index contributed by atoms with van der Waals surface area (Å²) in [5.41, 5.74) is 5.83. The third kappa shape index (κ3) is 3.68. The average molecular weight is 292 g/mol. The highest BCUT2D eigenvalue weighted by atomic mass is 32.2. The number of alkyl halides is 3. The second-order valence-electron chi connectivity index (χ2n) is 3.34. The number of anilines is 1. The first kappa shape index (κ1) is 13.3. The van der Waals surface area contributed by atoms with Gasteiger partial charge in [0.05, 0.1) is 0 Å². The normalized spacial score (nSPS) is 18.8. The highest BCUT2D eigenvalue weighted by Crippen LogP contribution is 2.24. The van der Waals surface area contributed by atoms with E-state index in [0.29, 0.717) is 5.69 Å². The van der Waals surface area contributed by atoms with Gasteiger partial charge in [0.25, 0.3) is 11.2 Å². The third-order valence-electron chi connectivity index (χ3n) is 1.94. The molecule has 0 fully saturated rings. The van der Waals surface area contributed by atoms with Gasteiger partial charge in [0.15, 0.2) is 11.7 Å². The number of nitrogens with zero attached hydrogens (tertiary/aromatic N) is 2. The molecule has 0 spiro atoms. The highest BCUT2D eigenvalue weighted by molar-refractivity contribution is 7.83. The molecule has 0 radical (unpaired) electrons. The topological polar surface area (TPSA) is 89.1 Å². The van der Waals surface area contributed by atoms with Gasteiger partial charge in [0.2, 0.25) is 0 Å². The fraction of sp³-hybridized carbons (Fsp3) is 0.111. The second kappa shape index (κ2) is 4.88. The Morgan fingerprint density at radius 3 is 2.32 bits per heavy atom. The first-order valence-corrected chi connectivity index (χ1v) is 5.88. The smallest absolute Gasteiger partial charge is 0.406 e. The van der Waals surface area contributed by atoms with Crippen molar-refractivity contribution in [3.8, 4) is 5.75 Å². The predicted octanol–water partition coefficient (Wildman–Crippen LogP) is 1.35. The van der Waals surface area contributed by atoms with Crippen LogP contribution >= 0.6 is 0 Å². The van der Waals surface area contributed by atoms with Gasteiger partial charge in [-0.15, -0.1) is 22.0 Å². The van der Waals surface area contributed by atoms with Crippen LogP contribution in [0.1, 0.15) is 0 Å². The summed E-state index contributed by atoms with van der Waals surface area (Å²) in [5.74, 6) is -0.284. The number of hydrogen-bond acceptors (Lipinski definition) is 4. The Labute approximate surface area is 107 Å². The molecule has 0 aliphatic carbocycles. The van der Waals surface area contributed by atoms with Crippen LogP contribution in [0.4, 0.5) is 18.9 Å². The summed E-state index contributed by atoms with van der Waals surface area (Å²) in [6, 6.07) is 4.90. The van der Waals surface area contributed by atoms with E-state index in [1.807, 2.05) is 0 Å². The lowest BCUT2D eigenvalue weighted by atomic mass is 10.3. The molecule has 2 rings (SSSR count). The van der Waals surface area contributed by atoms with Crippen LogP contribution in [0.3, 0.4) is 0 Å². The van der Waals surface area contributed by atoms with Crippen LogP contribution in [-0.2, 0) is 11.2 Å². The first-order valence-electron chi connectivity index (χ1n) is 4.81. The average Bonchev–Trinajstić information content (AvgIpc) is 2.58. The van der Waals surface area contributed by atoms with Crippen molar-refractivity contribution in [2.45, 2.75) is 6.36 Å². The summed E-state index contributed by atoms with van der Waals surface area (Å²) in [6.45, 7) is 0. The molecule has 1 aromatic rings. The van der Waals surface area contributed by atoms with Crippen molar-refractivity contribution in [2.24, 2.45) is 14.5 Å². The molecule has 0 amide bonds. The van der Waals surface area contributed by atoms with E-state index in [0.717, 1.165) is 12.1 Å². The van der Waals surface area contributed by atoms with Gasteiger partial charge in [-0.3, -0.25) is 0 Å². The van der Waals surface area contributed by atoms with Crippen LogP contribution in [0, 0.1) is 0 Å². The Morgan fingerprint density at radius 1 is 1.21 bits per heavy atom. The quantitative estimate of drug-likeness (QED) is 0.861. The van der Waals surface area contributed by atoms with E-state index in [-0.39, 0.29) is 17.4 Å². The maximum Gasteiger partial charge on any atom is 0.573 e. The molecule has 3 N–H and O–H groups in total. The Bertz CT molecular complexity index is 568. The molecule has 0 aromatic heterocycles. The van der Waals surface area contributed by atoms with Gasteiger partial charge >= 0.3 is 6.36 Å². The van der Waals surface area contributed by atoms with Crippen molar-refractivity contribution in [1.82, 2.24) is 0 Å². The lowest BCUT2D eigenvalue weighted by Crippen LogP contribution is -2.27. The molecule has 1 atom stereocenters. The second-order valence-corrected chi connectivity index (χ2v) is 4.17. The standard InChI is InChI=1S/C9H7F3N4O2S/c10-9(11,12)18-6-3-1-5(2-4-6)14-8-7(13)15-19(17)16-8/h1-4H,(H2,13,15)(H,14,16). The molecule has 0 bridgehead atoms. The van der Waals surface area contributed by atoms with Gasteiger partial charge in [0.1, 0.15) is 5.75 Å². The van der Waals surface area contributed by atoms with Crippen molar-refractivity contribution in [2.75, 3.05) is 5.32 Å². The Hall–Kier alpha value is -2.10. The number of rotatable bonds is 2. The minimum atomic E-state index is -4.74. The van der Waals surface area contributed by atoms with Crippen LogP contribution in [0.25, 0.3) is 0 Å². The first-order chi connectivity index (χ1) is 8.83. The van der Waals surface area contributed by atoms with Crippen molar-refractivity contribution < 1.29 is 22.1 Å². The van der Waals surface area contributed by atoms with Crippen LogP contribution in [-0.4, -0.2) is 22.2 Å². The molecular formula is C9H7F3N4O2S. The Kier molecular flexibility index (Phi) is 3.42. The van der Waals surface area contributed by atoms with Gasteiger partial charge in [-0.05, 0) is 24.3 Å². The number of amidine groups is 2. The number of benzene rings is 1. The fourth-order valence-corrected chi connectivity index (χ4v) is 1.83. The van der Waals surface area contributed by atoms with E-state index < -0.39 is 17.5 Å². The zero-order valence-electron chi connectivity index (χ0n) is 9.14. The maximum atomic E-state index is 11.9. The van der Waals surface area contributed by atoms with Crippen LogP contribution < -0.4 is 15.8 Å². The van der Waals surface area contributed by atoms with Gasteiger partial charge in [0, 0.05) is 5.69 Å². The summed E-state index contributed by atoms with van der Waals surface area (Å²) < 4.78 is 57.5. The van der Waals surface area contributed by atoms with Crippen molar-refractivity contribution in [3.63, 3.8) is 0 Å². The summed E-state index contributed by atoms with van der Waals surface area (Å²) in [4.78, 5) is 0. The molecule has 102 valence electrons. The number of hydrogen-bond donors (Lipinski definition) is 2. The summed E-state index contributed by atoms with van der Waals surface area (Å²) in [7, 11) is 0. The van der Waals surface area contributed by atoms with E-state index >= 15 is 0 Å². The fourth-order valence-electron chi connectivity index (χ4n) is 1.24. The Morgan fingerprint density at radius 2 is 1.84 bits per heavy atom. The SMILES string of the molecule is NC1=NS(=O)N=C1Nc1ccc(OC(F)(F)F)cc1. The van der Waals surface area contributed by atoms with E-state index in [4.69, 9.17) is 5.73 Å². The molecule has 10 heteroatoms. The number of nitrogens with one attached hydrogen (secondary N) is 1. The number of halogens is 3. The number of nitrogens with two attached hydrogens (primary N) is 1. The van der Waals surface area contributed by atoms with Crippen LogP contribution in [0.5, 0.6) is 5.75 Å². The van der Waals surface area contributed by atoms with E-state index in [9.17, 15) is 17.4 Å². The summed E-state index contributed by atoms with van der Waals surface area (Å²) in [6.07, 6.45) is -4.74. The van der Waals surface area contributed by atoms with Crippen molar-refractivity contribution in [1.29, 1.82) is 0 Å². The van der Waals surface area contributed by atoms with E-state index in [2.05, 4.69) is 18.8 Å². The minimum Gasteiger partial charge on any atom is -0.406 e. The highest BCUT2D eigenvalue weighted by Gasteiger charge is 2.31. The van der Waals surface area contributed by atoms with Gasteiger partial charge in [-0.25, -0.2) is 4.21 Å².